The Labute approximate surface area is 276 Å². The Hall–Kier alpha value is -3.88. The number of carbonyl (C=O) groups is 8. The molecule has 15 nitrogen and oxygen atoms in total. The molecule has 268 valence electrons. The normalized spacial score (nSPS) is 14.6. The molecule has 0 bridgehead atoms. The highest BCUT2D eigenvalue weighted by atomic mass is 16.7. The van der Waals surface area contributed by atoms with Gasteiger partial charge in [-0.1, -0.05) is 27.7 Å². The number of imide groups is 2. The van der Waals surface area contributed by atoms with Gasteiger partial charge < -0.3 is 23.9 Å². The first kappa shape index (κ1) is 43.1. The van der Waals surface area contributed by atoms with Crippen LogP contribution in [0.15, 0.2) is 0 Å². The van der Waals surface area contributed by atoms with Gasteiger partial charge in [-0.2, -0.15) is 0 Å². The van der Waals surface area contributed by atoms with E-state index in [4.69, 9.17) is 23.9 Å². The van der Waals surface area contributed by atoms with Crippen molar-refractivity contribution in [2.75, 3.05) is 13.2 Å². The monoisotopic (exact) mass is 672 g/mol. The third kappa shape index (κ3) is 17.6. The molecule has 0 atom stereocenters. The van der Waals surface area contributed by atoms with Crippen molar-refractivity contribution in [3.05, 3.63) is 0 Å². The Bertz CT molecular complexity index is 1070. The van der Waals surface area contributed by atoms with Crippen LogP contribution in [0.2, 0.25) is 0 Å². The molecule has 0 spiro atoms. The van der Waals surface area contributed by atoms with Gasteiger partial charge in [-0.15, -0.1) is 10.1 Å². The minimum atomic E-state index is -0.856. The first-order chi connectivity index (χ1) is 22.1. The summed E-state index contributed by atoms with van der Waals surface area (Å²) < 4.78 is 16.6. The average molecular weight is 673 g/mol. The zero-order valence-corrected chi connectivity index (χ0v) is 29.1. The predicted molar refractivity (Wildman–Crippen MR) is 165 cm³/mol. The molecule has 2 aliphatic heterocycles. The summed E-state index contributed by atoms with van der Waals surface area (Å²) in [5.74, 6) is -4.90. The van der Waals surface area contributed by atoms with Gasteiger partial charge in [-0.3, -0.25) is 28.8 Å². The lowest BCUT2D eigenvalue weighted by molar-refractivity contribution is -0.197. The zero-order chi connectivity index (χ0) is 36.2. The largest absolute Gasteiger partial charge is 0.466 e. The van der Waals surface area contributed by atoms with Crippen molar-refractivity contribution < 1.29 is 62.2 Å². The fourth-order valence-electron chi connectivity index (χ4n) is 3.90. The summed E-state index contributed by atoms with van der Waals surface area (Å²) in [5.41, 5.74) is -1.51. The molecule has 0 aromatic rings. The molecule has 0 aromatic heterocycles. The number of nitrogens with zero attached hydrogens (tertiary/aromatic N) is 2. The summed E-state index contributed by atoms with van der Waals surface area (Å²) in [4.78, 5) is 103. The number of hydroxylamine groups is 4. The Kier molecular flexibility index (Phi) is 20.0. The van der Waals surface area contributed by atoms with Crippen LogP contribution in [-0.2, 0) is 62.2 Å². The van der Waals surface area contributed by atoms with Crippen LogP contribution < -0.4 is 0 Å². The van der Waals surface area contributed by atoms with Crippen molar-refractivity contribution in [1.29, 1.82) is 0 Å². The van der Waals surface area contributed by atoms with E-state index in [2.05, 4.69) is 0 Å². The summed E-state index contributed by atoms with van der Waals surface area (Å²) >= 11 is 0. The van der Waals surface area contributed by atoms with Crippen LogP contribution in [0.1, 0.15) is 132 Å². The summed E-state index contributed by atoms with van der Waals surface area (Å²) in [6.45, 7) is 15.4. The topological polar surface area (TPSA) is 189 Å². The van der Waals surface area contributed by atoms with Crippen LogP contribution in [0.5, 0.6) is 0 Å². The maximum absolute atomic E-state index is 12.2. The molecule has 0 saturated carbocycles. The Balaban J connectivity index is 0.00000508. The van der Waals surface area contributed by atoms with Gasteiger partial charge in [0, 0.05) is 64.2 Å². The molecule has 2 fully saturated rings. The first-order valence-electron chi connectivity index (χ1n) is 16.2. The minimum absolute atomic E-state index is 0.0000841. The standard InChI is InChI=1S/C28H40N2O13.2C2H6/c1-27(2,15-17-39-23(35)7-5-9-25(37)42-29-19(31)11-12-20(29)32)40-18-16-28(3,4)41-24(36)8-6-10-26(38)43-30-21(33)13-14-22(30)34;2*1-2/h5-18H2,1-4H3;2*1-2H3. The van der Waals surface area contributed by atoms with E-state index in [0.717, 1.165) is 0 Å². The molecule has 4 amide bonds. The minimum Gasteiger partial charge on any atom is -0.466 e. The van der Waals surface area contributed by atoms with E-state index in [1.54, 1.807) is 13.8 Å². The molecule has 0 N–H and O–H groups in total. The van der Waals surface area contributed by atoms with Gasteiger partial charge in [0.25, 0.3) is 23.6 Å². The summed E-state index contributed by atoms with van der Waals surface area (Å²) in [6.07, 6.45) is 0.583. The molecule has 15 heteroatoms. The molecule has 2 rings (SSSR count). The molecule has 2 saturated heterocycles. The highest BCUT2D eigenvalue weighted by Gasteiger charge is 2.34. The molecular weight excluding hydrogens is 620 g/mol. The SMILES string of the molecule is CC.CC.CC(C)(CCOC(=O)CCCC(=O)ON1C(=O)CCC1=O)OCCC(C)(C)OC(=O)CCCC(=O)ON1C(=O)CCC1=O. The van der Waals surface area contributed by atoms with Crippen molar-refractivity contribution in [3.63, 3.8) is 0 Å². The Morgan fingerprint density at radius 2 is 0.915 bits per heavy atom. The Morgan fingerprint density at radius 1 is 0.553 bits per heavy atom. The van der Waals surface area contributed by atoms with E-state index in [9.17, 15) is 38.4 Å². The molecule has 47 heavy (non-hydrogen) atoms. The Morgan fingerprint density at radius 3 is 1.34 bits per heavy atom. The van der Waals surface area contributed by atoms with Crippen molar-refractivity contribution in [1.82, 2.24) is 10.1 Å². The molecule has 0 unspecified atom stereocenters. The van der Waals surface area contributed by atoms with Crippen LogP contribution >= 0.6 is 0 Å². The van der Waals surface area contributed by atoms with Crippen LogP contribution in [-0.4, -0.2) is 82.0 Å². The van der Waals surface area contributed by atoms with Crippen LogP contribution in [0.4, 0.5) is 0 Å². The second-order valence-corrected chi connectivity index (χ2v) is 11.4. The lowest BCUT2D eigenvalue weighted by Gasteiger charge is -2.29. The maximum atomic E-state index is 12.2. The van der Waals surface area contributed by atoms with Gasteiger partial charge >= 0.3 is 23.9 Å². The number of esters is 2. The summed E-state index contributed by atoms with van der Waals surface area (Å²) in [5, 5.41) is 0.922. The number of hydrogen-bond donors (Lipinski definition) is 0. The summed E-state index contributed by atoms with van der Waals surface area (Å²) in [6, 6.07) is 0. The fraction of sp³-hybridized carbons (Fsp3) is 0.750. The molecule has 2 aliphatic rings. The van der Waals surface area contributed by atoms with E-state index in [1.165, 1.54) is 0 Å². The van der Waals surface area contributed by atoms with Crippen molar-refractivity contribution >= 4 is 47.5 Å². The van der Waals surface area contributed by atoms with Gasteiger partial charge in [0.2, 0.25) is 0 Å². The van der Waals surface area contributed by atoms with Crippen LogP contribution in [0, 0.1) is 0 Å². The number of carbonyl (C=O) groups excluding carboxylic acids is 8. The van der Waals surface area contributed by atoms with Gasteiger partial charge in [-0.05, 0) is 40.5 Å². The van der Waals surface area contributed by atoms with E-state index >= 15 is 0 Å². The van der Waals surface area contributed by atoms with Gasteiger partial charge in [-0.25, -0.2) is 9.59 Å². The maximum Gasteiger partial charge on any atom is 0.333 e. The van der Waals surface area contributed by atoms with Gasteiger partial charge in [0.1, 0.15) is 5.60 Å². The first-order valence-corrected chi connectivity index (χ1v) is 16.2. The van der Waals surface area contributed by atoms with Crippen LogP contribution in [0.25, 0.3) is 0 Å². The van der Waals surface area contributed by atoms with Crippen LogP contribution in [0.3, 0.4) is 0 Å². The van der Waals surface area contributed by atoms with E-state index in [0.29, 0.717) is 23.0 Å². The number of hydrogen-bond acceptors (Lipinski definition) is 13. The quantitative estimate of drug-likeness (QED) is 0.150. The zero-order valence-electron chi connectivity index (χ0n) is 29.1. The van der Waals surface area contributed by atoms with Crippen molar-refractivity contribution in [2.45, 2.75) is 144 Å². The average Bonchev–Trinajstić information content (AvgIpc) is 3.48. The smallest absolute Gasteiger partial charge is 0.333 e. The molecule has 0 aromatic carbocycles. The second-order valence-electron chi connectivity index (χ2n) is 11.4. The third-order valence-corrected chi connectivity index (χ3v) is 6.48. The lowest BCUT2D eigenvalue weighted by Crippen LogP contribution is -2.33. The molecule has 0 aliphatic carbocycles. The van der Waals surface area contributed by atoms with E-state index in [-0.39, 0.29) is 77.4 Å². The van der Waals surface area contributed by atoms with Crippen molar-refractivity contribution in [3.8, 4) is 0 Å². The van der Waals surface area contributed by atoms with Gasteiger partial charge in [0.05, 0.1) is 18.8 Å². The number of ether oxygens (including phenoxy) is 3. The predicted octanol–water partition coefficient (Wildman–Crippen LogP) is 4.03. The van der Waals surface area contributed by atoms with Crippen molar-refractivity contribution in [2.24, 2.45) is 0 Å². The fourth-order valence-corrected chi connectivity index (χ4v) is 3.90. The number of amides is 4. The second kappa shape index (κ2) is 21.8. The highest BCUT2D eigenvalue weighted by molar-refractivity contribution is 6.02. The molecular formula is C32H52N2O13. The van der Waals surface area contributed by atoms with Gasteiger partial charge in [0.15, 0.2) is 0 Å². The third-order valence-electron chi connectivity index (χ3n) is 6.48. The lowest BCUT2D eigenvalue weighted by atomic mass is 10.0. The molecule has 2 heterocycles. The highest BCUT2D eigenvalue weighted by Crippen LogP contribution is 2.21. The van der Waals surface area contributed by atoms with E-state index < -0.39 is 58.7 Å². The van der Waals surface area contributed by atoms with E-state index in [1.807, 2.05) is 41.5 Å². The summed E-state index contributed by atoms with van der Waals surface area (Å²) in [7, 11) is 0. The molecule has 0 radical (unpaired) electrons. The number of rotatable bonds is 18.